The maximum Gasteiger partial charge on any atom is 0.346 e. The molecule has 2 atom stereocenters. The van der Waals surface area contributed by atoms with Gasteiger partial charge < -0.3 is 20.3 Å². The number of nitrogens with zero attached hydrogens (tertiary/aromatic N) is 2. The smallest absolute Gasteiger partial charge is 0.346 e. The van der Waals surface area contributed by atoms with Crippen molar-refractivity contribution >= 4 is 39.0 Å². The lowest BCUT2D eigenvalue weighted by Gasteiger charge is -2.29. The number of thiophene rings is 1. The van der Waals surface area contributed by atoms with Gasteiger partial charge in [-0.1, -0.05) is 6.42 Å². The molecule has 0 saturated heterocycles. The van der Waals surface area contributed by atoms with Gasteiger partial charge in [0, 0.05) is 6.07 Å². The van der Waals surface area contributed by atoms with Crippen molar-refractivity contribution < 1.29 is 24.1 Å². The number of carboxylic acid groups (broad SMARTS) is 1. The van der Waals surface area contributed by atoms with Crippen LogP contribution in [0, 0.1) is 12.7 Å². The van der Waals surface area contributed by atoms with Crippen molar-refractivity contribution in [2.75, 3.05) is 5.32 Å². The molecule has 2 aromatic heterocycles. The fourth-order valence-corrected chi connectivity index (χ4v) is 4.56. The van der Waals surface area contributed by atoms with Crippen LogP contribution < -0.4 is 10.1 Å². The Morgan fingerprint density at radius 3 is 2.86 bits per heavy atom. The predicted octanol–water partition coefficient (Wildman–Crippen LogP) is 4.26. The Morgan fingerprint density at radius 1 is 1.31 bits per heavy atom. The second kappa shape index (κ2) is 7.92. The van der Waals surface area contributed by atoms with Crippen LogP contribution in [-0.4, -0.2) is 38.4 Å². The number of carbonyl (C=O) groups is 1. The number of aliphatic hydroxyl groups is 1. The Labute approximate surface area is 170 Å². The van der Waals surface area contributed by atoms with Gasteiger partial charge in [0.05, 0.1) is 17.2 Å². The Bertz CT molecular complexity index is 1070. The summed E-state index contributed by atoms with van der Waals surface area (Å²) < 4.78 is 19.8. The molecule has 0 amide bonds. The number of nitrogens with one attached hydrogen (secondary N) is 1. The lowest BCUT2D eigenvalue weighted by Crippen LogP contribution is -2.34. The first-order valence-corrected chi connectivity index (χ1v) is 10.1. The second-order valence-electron chi connectivity index (χ2n) is 7.04. The summed E-state index contributed by atoms with van der Waals surface area (Å²) in [6.07, 6.45) is 3.58. The molecule has 1 saturated carbocycles. The summed E-state index contributed by atoms with van der Waals surface area (Å²) in [7, 11) is 0. The van der Waals surface area contributed by atoms with Gasteiger partial charge in [0.25, 0.3) is 0 Å². The summed E-state index contributed by atoms with van der Waals surface area (Å²) in [5.74, 6) is -0.789. The van der Waals surface area contributed by atoms with E-state index in [1.807, 2.05) is 0 Å². The fraction of sp³-hybridized carbons (Fsp3) is 0.350. The summed E-state index contributed by atoms with van der Waals surface area (Å²) in [5.41, 5.74) is 1.04. The predicted molar refractivity (Wildman–Crippen MR) is 108 cm³/mol. The van der Waals surface area contributed by atoms with Gasteiger partial charge >= 0.3 is 5.97 Å². The molecule has 3 aromatic rings. The normalized spacial score (nSPS) is 19.3. The number of anilines is 2. The van der Waals surface area contributed by atoms with Crippen LogP contribution in [0.2, 0.25) is 0 Å². The molecule has 1 aliphatic rings. The molecule has 1 fully saturated rings. The number of hydrogen-bond acceptors (Lipinski definition) is 7. The Hall–Kier alpha value is -2.78. The zero-order chi connectivity index (χ0) is 20.5. The van der Waals surface area contributed by atoms with Crippen molar-refractivity contribution in [1.82, 2.24) is 9.97 Å². The maximum atomic E-state index is 13.9. The molecule has 0 bridgehead atoms. The van der Waals surface area contributed by atoms with Gasteiger partial charge in [-0.25, -0.2) is 19.2 Å². The highest BCUT2D eigenvalue weighted by atomic mass is 32.1. The van der Waals surface area contributed by atoms with Crippen LogP contribution in [0.5, 0.6) is 5.75 Å². The molecule has 2 heterocycles. The van der Waals surface area contributed by atoms with Gasteiger partial charge in [0.1, 0.15) is 39.5 Å². The molecule has 7 nitrogen and oxygen atoms in total. The molecular weight excluding hydrogens is 397 g/mol. The van der Waals surface area contributed by atoms with Gasteiger partial charge in [0.2, 0.25) is 0 Å². The van der Waals surface area contributed by atoms with Crippen LogP contribution in [0.4, 0.5) is 15.9 Å². The van der Waals surface area contributed by atoms with E-state index in [4.69, 9.17) is 4.74 Å². The topological polar surface area (TPSA) is 105 Å². The van der Waals surface area contributed by atoms with Gasteiger partial charge in [-0.2, -0.15) is 0 Å². The van der Waals surface area contributed by atoms with Crippen LogP contribution in [-0.2, 0) is 0 Å². The van der Waals surface area contributed by atoms with Crippen LogP contribution >= 0.6 is 11.3 Å². The van der Waals surface area contributed by atoms with Gasteiger partial charge in [-0.15, -0.1) is 11.3 Å². The molecule has 3 N–H and O–H groups in total. The lowest BCUT2D eigenvalue weighted by atomic mass is 9.95. The number of hydrogen-bond donors (Lipinski definition) is 3. The molecule has 4 rings (SSSR count). The van der Waals surface area contributed by atoms with Crippen LogP contribution in [0.25, 0.3) is 10.2 Å². The molecular formula is C20H20FN3O4S. The Morgan fingerprint density at radius 2 is 2.10 bits per heavy atom. The average Bonchev–Trinajstić information content (AvgIpc) is 3.04. The molecule has 29 heavy (non-hydrogen) atoms. The van der Waals surface area contributed by atoms with E-state index in [2.05, 4.69) is 15.3 Å². The molecule has 0 spiro atoms. The van der Waals surface area contributed by atoms with E-state index in [1.165, 1.54) is 24.5 Å². The highest BCUT2D eigenvalue weighted by Gasteiger charge is 2.26. The number of aromatic nitrogens is 2. The van der Waals surface area contributed by atoms with Crippen molar-refractivity contribution in [2.45, 2.75) is 44.8 Å². The minimum atomic E-state index is -1.02. The van der Waals surface area contributed by atoms with Crippen LogP contribution in [0.1, 0.15) is 40.9 Å². The minimum absolute atomic E-state index is 0.199. The Kier molecular flexibility index (Phi) is 5.33. The van der Waals surface area contributed by atoms with Crippen molar-refractivity contribution in [3.05, 3.63) is 40.8 Å². The van der Waals surface area contributed by atoms with Crippen molar-refractivity contribution in [2.24, 2.45) is 0 Å². The first kappa shape index (κ1) is 19.5. The first-order chi connectivity index (χ1) is 13.9. The van der Waals surface area contributed by atoms with E-state index >= 15 is 0 Å². The third kappa shape index (κ3) is 3.88. The van der Waals surface area contributed by atoms with Crippen molar-refractivity contribution in [3.8, 4) is 5.75 Å². The van der Waals surface area contributed by atoms with E-state index in [0.717, 1.165) is 24.2 Å². The molecule has 9 heteroatoms. The fourth-order valence-electron chi connectivity index (χ4n) is 3.57. The van der Waals surface area contributed by atoms with Crippen molar-refractivity contribution in [3.63, 3.8) is 0 Å². The average molecular weight is 417 g/mol. The number of aliphatic hydroxyl groups excluding tert-OH is 1. The minimum Gasteiger partial charge on any atom is -0.485 e. The standard InChI is InChI=1S/C20H20FN3O4S/c1-10-16-18(22-9-23-19(16)29-17(10)20(26)27)24-12-7-6-11(21)8-15(12)28-14-5-3-2-4-13(14)25/h6-9,13-14,25H,2-5H2,1H3,(H,26,27)(H,22,23,24)/t13-,14?/m1/s1. The highest BCUT2D eigenvalue weighted by molar-refractivity contribution is 7.20. The number of halogens is 1. The van der Waals surface area contributed by atoms with E-state index in [0.29, 0.717) is 40.1 Å². The summed E-state index contributed by atoms with van der Waals surface area (Å²) in [5, 5.41) is 23.3. The van der Waals surface area contributed by atoms with E-state index in [1.54, 1.807) is 6.92 Å². The van der Waals surface area contributed by atoms with Crippen LogP contribution in [0.3, 0.4) is 0 Å². The largest absolute Gasteiger partial charge is 0.485 e. The highest BCUT2D eigenvalue weighted by Crippen LogP contribution is 2.37. The SMILES string of the molecule is Cc1c(C(=O)O)sc2ncnc(Nc3ccc(F)cc3OC3CCCC[C@H]3O)c12. The first-order valence-electron chi connectivity index (χ1n) is 9.32. The second-order valence-corrected chi connectivity index (χ2v) is 8.04. The lowest BCUT2D eigenvalue weighted by molar-refractivity contribution is 0.00712. The molecule has 1 unspecified atom stereocenters. The number of aromatic carboxylic acids is 1. The summed E-state index contributed by atoms with van der Waals surface area (Å²) in [6, 6.07) is 4.10. The zero-order valence-corrected chi connectivity index (χ0v) is 16.5. The number of ether oxygens (including phenoxy) is 1. The molecule has 152 valence electrons. The quantitative estimate of drug-likeness (QED) is 0.570. The third-order valence-electron chi connectivity index (χ3n) is 5.06. The van der Waals surface area contributed by atoms with Gasteiger partial charge in [0.15, 0.2) is 0 Å². The number of benzene rings is 1. The number of carboxylic acids is 1. The monoisotopic (exact) mass is 417 g/mol. The number of rotatable bonds is 5. The van der Waals surface area contributed by atoms with E-state index in [-0.39, 0.29) is 10.6 Å². The molecule has 1 aromatic carbocycles. The molecule has 0 radical (unpaired) electrons. The van der Waals surface area contributed by atoms with Crippen molar-refractivity contribution in [1.29, 1.82) is 0 Å². The summed E-state index contributed by atoms with van der Waals surface area (Å²) >= 11 is 1.08. The Balaban J connectivity index is 1.70. The van der Waals surface area contributed by atoms with E-state index < -0.39 is 24.0 Å². The van der Waals surface area contributed by atoms with Gasteiger partial charge in [-0.05, 0) is 43.9 Å². The van der Waals surface area contributed by atoms with E-state index in [9.17, 15) is 19.4 Å². The maximum absolute atomic E-state index is 13.9. The zero-order valence-electron chi connectivity index (χ0n) is 15.7. The summed E-state index contributed by atoms with van der Waals surface area (Å²) in [6.45, 7) is 1.71. The van der Waals surface area contributed by atoms with Gasteiger partial charge in [-0.3, -0.25) is 0 Å². The number of fused-ring (bicyclic) bond motifs is 1. The number of aryl methyl sites for hydroxylation is 1. The third-order valence-corrected chi connectivity index (χ3v) is 6.25. The van der Waals surface area contributed by atoms with Crippen LogP contribution in [0.15, 0.2) is 24.5 Å². The molecule has 1 aliphatic carbocycles. The summed E-state index contributed by atoms with van der Waals surface area (Å²) in [4.78, 5) is 20.6. The molecule has 0 aliphatic heterocycles.